The van der Waals surface area contributed by atoms with Crippen LogP contribution in [0.4, 0.5) is 5.82 Å². The summed E-state index contributed by atoms with van der Waals surface area (Å²) < 4.78 is 0. The Bertz CT molecular complexity index is 433. The SMILES string of the molecule is O=C1CC(Nc2cc(C(=O)O)ccn2)CN1. The summed E-state index contributed by atoms with van der Waals surface area (Å²) in [6, 6.07) is 2.85. The maximum Gasteiger partial charge on any atom is 0.335 e. The van der Waals surface area contributed by atoms with Crippen molar-refractivity contribution in [3.63, 3.8) is 0 Å². The number of aromatic nitrogens is 1. The summed E-state index contributed by atoms with van der Waals surface area (Å²) in [6.45, 7) is 0.539. The molecule has 0 aliphatic carbocycles. The zero-order chi connectivity index (χ0) is 11.5. The quantitative estimate of drug-likeness (QED) is 0.672. The summed E-state index contributed by atoms with van der Waals surface area (Å²) >= 11 is 0. The molecule has 1 aromatic rings. The van der Waals surface area contributed by atoms with Gasteiger partial charge in [-0.1, -0.05) is 0 Å². The number of pyridine rings is 1. The summed E-state index contributed by atoms with van der Waals surface area (Å²) in [6.07, 6.45) is 1.81. The van der Waals surface area contributed by atoms with Crippen molar-refractivity contribution in [1.29, 1.82) is 0 Å². The van der Waals surface area contributed by atoms with Crippen molar-refractivity contribution in [3.8, 4) is 0 Å². The molecule has 3 N–H and O–H groups in total. The first-order chi connectivity index (χ1) is 7.65. The zero-order valence-corrected chi connectivity index (χ0v) is 8.43. The van der Waals surface area contributed by atoms with Crippen LogP contribution in [-0.2, 0) is 4.79 Å². The van der Waals surface area contributed by atoms with E-state index in [1.54, 1.807) is 0 Å². The number of nitrogens with one attached hydrogen (secondary N) is 2. The van der Waals surface area contributed by atoms with Gasteiger partial charge in [-0.2, -0.15) is 0 Å². The number of carbonyl (C=O) groups excluding carboxylic acids is 1. The van der Waals surface area contributed by atoms with E-state index in [-0.39, 0.29) is 17.5 Å². The molecular formula is C10H11N3O3. The van der Waals surface area contributed by atoms with Gasteiger partial charge in [-0.15, -0.1) is 0 Å². The third kappa shape index (κ3) is 2.28. The maximum absolute atomic E-state index is 11.0. The molecule has 1 amide bonds. The lowest BCUT2D eigenvalue weighted by molar-refractivity contribution is -0.119. The van der Waals surface area contributed by atoms with Gasteiger partial charge < -0.3 is 15.7 Å². The lowest BCUT2D eigenvalue weighted by Gasteiger charge is -2.10. The summed E-state index contributed by atoms with van der Waals surface area (Å²) in [5.41, 5.74) is 0.176. The number of aromatic carboxylic acids is 1. The van der Waals surface area contributed by atoms with Crippen LogP contribution >= 0.6 is 0 Å². The molecule has 1 aromatic heterocycles. The van der Waals surface area contributed by atoms with Crippen LogP contribution in [0.2, 0.25) is 0 Å². The molecule has 1 unspecified atom stereocenters. The van der Waals surface area contributed by atoms with E-state index in [1.807, 2.05) is 0 Å². The molecule has 1 fully saturated rings. The Hall–Kier alpha value is -2.11. The monoisotopic (exact) mass is 221 g/mol. The van der Waals surface area contributed by atoms with Gasteiger partial charge >= 0.3 is 5.97 Å². The van der Waals surface area contributed by atoms with E-state index in [1.165, 1.54) is 18.3 Å². The van der Waals surface area contributed by atoms with E-state index in [9.17, 15) is 9.59 Å². The standard InChI is InChI=1S/C10H11N3O3/c14-9-4-7(5-12-9)13-8-3-6(10(15)16)1-2-11-8/h1-3,7H,4-5H2,(H,11,13)(H,12,14)(H,15,16). The van der Waals surface area contributed by atoms with E-state index >= 15 is 0 Å². The van der Waals surface area contributed by atoms with Gasteiger partial charge in [0.25, 0.3) is 0 Å². The number of rotatable bonds is 3. The van der Waals surface area contributed by atoms with Crippen LogP contribution in [0.3, 0.4) is 0 Å². The first-order valence-corrected chi connectivity index (χ1v) is 4.88. The van der Waals surface area contributed by atoms with Gasteiger partial charge in [0.1, 0.15) is 5.82 Å². The number of hydrogen-bond acceptors (Lipinski definition) is 4. The van der Waals surface area contributed by atoms with Crippen LogP contribution in [0.25, 0.3) is 0 Å². The topological polar surface area (TPSA) is 91.3 Å². The molecule has 1 atom stereocenters. The second-order valence-electron chi connectivity index (χ2n) is 3.58. The summed E-state index contributed by atoms with van der Waals surface area (Å²) in [4.78, 5) is 25.7. The fourth-order valence-corrected chi connectivity index (χ4v) is 1.56. The average molecular weight is 221 g/mol. The highest BCUT2D eigenvalue weighted by Crippen LogP contribution is 2.11. The molecule has 6 heteroatoms. The Balaban J connectivity index is 2.07. The van der Waals surface area contributed by atoms with E-state index in [2.05, 4.69) is 15.6 Å². The van der Waals surface area contributed by atoms with Gasteiger partial charge in [0.05, 0.1) is 11.6 Å². The summed E-state index contributed by atoms with van der Waals surface area (Å²) in [5.74, 6) is -0.528. The summed E-state index contributed by atoms with van der Waals surface area (Å²) in [5, 5.41) is 14.5. The normalized spacial score (nSPS) is 19.2. The highest BCUT2D eigenvalue weighted by Gasteiger charge is 2.21. The van der Waals surface area contributed by atoms with Gasteiger partial charge in [0.2, 0.25) is 5.91 Å². The van der Waals surface area contributed by atoms with E-state index in [0.29, 0.717) is 18.8 Å². The molecule has 0 saturated carbocycles. The molecule has 0 radical (unpaired) electrons. The van der Waals surface area contributed by atoms with Crippen LogP contribution in [0, 0.1) is 0 Å². The van der Waals surface area contributed by atoms with Crippen molar-refractivity contribution >= 4 is 17.7 Å². The van der Waals surface area contributed by atoms with Gasteiger partial charge in [0.15, 0.2) is 0 Å². The Morgan fingerprint density at radius 1 is 1.62 bits per heavy atom. The molecule has 0 bridgehead atoms. The Morgan fingerprint density at radius 3 is 3.06 bits per heavy atom. The first-order valence-electron chi connectivity index (χ1n) is 4.88. The largest absolute Gasteiger partial charge is 0.478 e. The minimum atomic E-state index is -0.994. The average Bonchev–Trinajstić information content (AvgIpc) is 2.64. The molecule has 0 spiro atoms. The number of carboxylic acid groups (broad SMARTS) is 1. The molecular weight excluding hydrogens is 210 g/mol. The number of carbonyl (C=O) groups is 2. The van der Waals surface area contributed by atoms with E-state index < -0.39 is 5.97 Å². The minimum Gasteiger partial charge on any atom is -0.478 e. The lowest BCUT2D eigenvalue weighted by atomic mass is 10.2. The van der Waals surface area contributed by atoms with Crippen LogP contribution in [-0.4, -0.2) is 34.6 Å². The van der Waals surface area contributed by atoms with E-state index in [4.69, 9.17) is 5.11 Å². The van der Waals surface area contributed by atoms with Crippen LogP contribution < -0.4 is 10.6 Å². The fourth-order valence-electron chi connectivity index (χ4n) is 1.56. The maximum atomic E-state index is 11.0. The molecule has 84 valence electrons. The van der Waals surface area contributed by atoms with Gasteiger partial charge in [0, 0.05) is 19.2 Å². The predicted octanol–water partition coefficient (Wildman–Crippen LogP) is 0.0802. The first kappa shape index (κ1) is 10.4. The third-order valence-electron chi connectivity index (χ3n) is 2.34. The molecule has 2 heterocycles. The van der Waals surface area contributed by atoms with Crippen molar-refractivity contribution in [2.45, 2.75) is 12.5 Å². The number of hydrogen-bond donors (Lipinski definition) is 3. The second kappa shape index (κ2) is 4.18. The van der Waals surface area contributed by atoms with Crippen LogP contribution in [0.15, 0.2) is 18.3 Å². The third-order valence-corrected chi connectivity index (χ3v) is 2.34. The molecule has 16 heavy (non-hydrogen) atoms. The fraction of sp³-hybridized carbons (Fsp3) is 0.300. The predicted molar refractivity (Wildman–Crippen MR) is 56.2 cm³/mol. The van der Waals surface area contributed by atoms with E-state index in [0.717, 1.165) is 0 Å². The number of anilines is 1. The van der Waals surface area contributed by atoms with Crippen molar-refractivity contribution in [2.24, 2.45) is 0 Å². The molecule has 1 aliphatic rings. The van der Waals surface area contributed by atoms with Crippen molar-refractivity contribution in [1.82, 2.24) is 10.3 Å². The minimum absolute atomic E-state index is 0.00751. The molecule has 1 aliphatic heterocycles. The lowest BCUT2D eigenvalue weighted by Crippen LogP contribution is -2.23. The van der Waals surface area contributed by atoms with Gasteiger partial charge in [-0.3, -0.25) is 4.79 Å². The Labute approximate surface area is 91.7 Å². The molecule has 0 aromatic carbocycles. The highest BCUT2D eigenvalue weighted by molar-refractivity contribution is 5.88. The van der Waals surface area contributed by atoms with Crippen molar-refractivity contribution in [3.05, 3.63) is 23.9 Å². The van der Waals surface area contributed by atoms with Crippen molar-refractivity contribution < 1.29 is 14.7 Å². The zero-order valence-electron chi connectivity index (χ0n) is 8.43. The second-order valence-corrected chi connectivity index (χ2v) is 3.58. The van der Waals surface area contributed by atoms with Crippen LogP contribution in [0.5, 0.6) is 0 Å². The smallest absolute Gasteiger partial charge is 0.335 e. The number of nitrogens with zero attached hydrogens (tertiary/aromatic N) is 1. The molecule has 1 saturated heterocycles. The van der Waals surface area contributed by atoms with Gasteiger partial charge in [-0.05, 0) is 12.1 Å². The molecule has 2 rings (SSSR count). The number of amides is 1. The van der Waals surface area contributed by atoms with Crippen LogP contribution in [0.1, 0.15) is 16.8 Å². The Kier molecular flexibility index (Phi) is 2.72. The highest BCUT2D eigenvalue weighted by atomic mass is 16.4. The number of carboxylic acids is 1. The summed E-state index contributed by atoms with van der Waals surface area (Å²) in [7, 11) is 0. The Morgan fingerprint density at radius 2 is 2.44 bits per heavy atom. The van der Waals surface area contributed by atoms with Gasteiger partial charge in [-0.25, -0.2) is 9.78 Å². The van der Waals surface area contributed by atoms with Crippen molar-refractivity contribution in [2.75, 3.05) is 11.9 Å². The molecule has 6 nitrogen and oxygen atoms in total.